The molecule has 0 fully saturated rings. The first-order valence-corrected chi connectivity index (χ1v) is 5.52. The number of nitrogens with one attached hydrogen (secondary N) is 1. The second-order valence-electron chi connectivity index (χ2n) is 2.81. The minimum absolute atomic E-state index is 0.738. The van der Waals surface area contributed by atoms with Crippen LogP contribution in [-0.4, -0.2) is 6.54 Å². The van der Waals surface area contributed by atoms with Gasteiger partial charge in [-0.3, -0.25) is 0 Å². The SMILES string of the molecule is C=C(Br)CNc1cccc(C)c1Br. The van der Waals surface area contributed by atoms with Gasteiger partial charge in [0.2, 0.25) is 0 Å². The molecule has 0 bridgehead atoms. The molecular weight excluding hydrogens is 294 g/mol. The molecule has 0 spiro atoms. The lowest BCUT2D eigenvalue weighted by Gasteiger charge is -2.08. The van der Waals surface area contributed by atoms with Crippen molar-refractivity contribution in [3.05, 3.63) is 39.3 Å². The average Bonchev–Trinajstić information content (AvgIpc) is 2.07. The summed E-state index contributed by atoms with van der Waals surface area (Å²) in [6.45, 7) is 6.57. The summed E-state index contributed by atoms with van der Waals surface area (Å²) in [4.78, 5) is 0. The van der Waals surface area contributed by atoms with Gasteiger partial charge in [0.05, 0.1) is 0 Å². The number of aryl methyl sites for hydroxylation is 1. The van der Waals surface area contributed by atoms with Crippen LogP contribution in [0.25, 0.3) is 0 Å². The van der Waals surface area contributed by atoms with Gasteiger partial charge in [0.25, 0.3) is 0 Å². The van der Waals surface area contributed by atoms with Gasteiger partial charge in [-0.05, 0) is 34.5 Å². The summed E-state index contributed by atoms with van der Waals surface area (Å²) in [6.07, 6.45) is 0. The maximum absolute atomic E-state index is 3.76. The van der Waals surface area contributed by atoms with Crippen LogP contribution in [0.15, 0.2) is 33.7 Å². The molecule has 0 aliphatic rings. The normalized spacial score (nSPS) is 9.77. The largest absolute Gasteiger partial charge is 0.380 e. The van der Waals surface area contributed by atoms with Crippen LogP contribution in [0.2, 0.25) is 0 Å². The van der Waals surface area contributed by atoms with Crippen LogP contribution in [0.3, 0.4) is 0 Å². The Morgan fingerprint density at radius 2 is 2.23 bits per heavy atom. The van der Waals surface area contributed by atoms with E-state index in [9.17, 15) is 0 Å². The van der Waals surface area contributed by atoms with E-state index in [0.717, 1.165) is 21.2 Å². The van der Waals surface area contributed by atoms with Gasteiger partial charge in [0.1, 0.15) is 0 Å². The number of rotatable bonds is 3. The highest BCUT2D eigenvalue weighted by Gasteiger charge is 2.00. The second kappa shape index (κ2) is 4.82. The van der Waals surface area contributed by atoms with E-state index in [0.29, 0.717) is 0 Å². The molecule has 1 rings (SSSR count). The summed E-state index contributed by atoms with van der Waals surface area (Å²) in [6, 6.07) is 6.13. The van der Waals surface area contributed by atoms with E-state index in [2.05, 4.69) is 56.7 Å². The molecule has 1 N–H and O–H groups in total. The van der Waals surface area contributed by atoms with Crippen molar-refractivity contribution in [2.24, 2.45) is 0 Å². The van der Waals surface area contributed by atoms with Crippen LogP contribution < -0.4 is 5.32 Å². The first-order chi connectivity index (χ1) is 6.11. The minimum atomic E-state index is 0.738. The van der Waals surface area contributed by atoms with Gasteiger partial charge >= 0.3 is 0 Å². The zero-order chi connectivity index (χ0) is 9.84. The van der Waals surface area contributed by atoms with Crippen LogP contribution in [0, 0.1) is 6.92 Å². The van der Waals surface area contributed by atoms with Gasteiger partial charge in [-0.1, -0.05) is 34.6 Å². The van der Waals surface area contributed by atoms with Gasteiger partial charge in [-0.25, -0.2) is 0 Å². The van der Waals surface area contributed by atoms with E-state index in [1.807, 2.05) is 12.1 Å². The number of anilines is 1. The lowest BCUT2D eigenvalue weighted by Crippen LogP contribution is -2.01. The zero-order valence-electron chi connectivity index (χ0n) is 7.40. The highest BCUT2D eigenvalue weighted by molar-refractivity contribution is 9.11. The van der Waals surface area contributed by atoms with Crippen LogP contribution >= 0.6 is 31.9 Å². The molecule has 0 unspecified atom stereocenters. The first kappa shape index (κ1) is 10.8. The predicted octanol–water partition coefficient (Wildman–Crippen LogP) is 4.08. The van der Waals surface area contributed by atoms with Crippen molar-refractivity contribution >= 4 is 37.5 Å². The fourth-order valence-electron chi connectivity index (χ4n) is 0.975. The van der Waals surface area contributed by atoms with Gasteiger partial charge in [-0.2, -0.15) is 0 Å². The monoisotopic (exact) mass is 303 g/mol. The molecule has 0 saturated carbocycles. The fourth-order valence-corrected chi connectivity index (χ4v) is 1.52. The van der Waals surface area contributed by atoms with Crippen molar-refractivity contribution in [2.45, 2.75) is 6.92 Å². The van der Waals surface area contributed by atoms with Crippen molar-refractivity contribution in [3.63, 3.8) is 0 Å². The third-order valence-electron chi connectivity index (χ3n) is 1.66. The van der Waals surface area contributed by atoms with Gasteiger partial charge in [0, 0.05) is 21.2 Å². The quantitative estimate of drug-likeness (QED) is 0.887. The molecule has 1 aromatic rings. The number of hydrogen-bond donors (Lipinski definition) is 1. The Labute approximate surface area is 95.5 Å². The molecule has 0 saturated heterocycles. The lowest BCUT2D eigenvalue weighted by atomic mass is 10.2. The van der Waals surface area contributed by atoms with Crippen LogP contribution in [0.1, 0.15) is 5.56 Å². The Bertz CT molecular complexity index is 321. The average molecular weight is 305 g/mol. The van der Waals surface area contributed by atoms with E-state index in [1.165, 1.54) is 5.56 Å². The number of hydrogen-bond acceptors (Lipinski definition) is 1. The van der Waals surface area contributed by atoms with Gasteiger partial charge in [0.15, 0.2) is 0 Å². The molecule has 70 valence electrons. The molecule has 0 aromatic heterocycles. The third-order valence-corrected chi connectivity index (χ3v) is 3.00. The number of benzene rings is 1. The Balaban J connectivity index is 2.77. The summed E-state index contributed by atoms with van der Waals surface area (Å²) in [5.74, 6) is 0. The smallest absolute Gasteiger partial charge is 0.0490 e. The first-order valence-electron chi connectivity index (χ1n) is 3.93. The fraction of sp³-hybridized carbons (Fsp3) is 0.200. The topological polar surface area (TPSA) is 12.0 Å². The predicted molar refractivity (Wildman–Crippen MR) is 65.4 cm³/mol. The molecular formula is C10H11Br2N. The molecule has 0 amide bonds. The van der Waals surface area contributed by atoms with Crippen LogP contribution in [0.4, 0.5) is 5.69 Å². The third kappa shape index (κ3) is 3.16. The molecule has 3 heteroatoms. The maximum Gasteiger partial charge on any atom is 0.0490 e. The standard InChI is InChI=1S/C10H11Br2N/c1-7-4-3-5-9(10(7)12)13-6-8(2)11/h3-5,13H,2,6H2,1H3. The Morgan fingerprint density at radius 3 is 2.85 bits per heavy atom. The van der Waals surface area contributed by atoms with E-state index in [1.54, 1.807) is 0 Å². The summed E-state index contributed by atoms with van der Waals surface area (Å²) in [5.41, 5.74) is 2.32. The molecule has 0 aliphatic heterocycles. The lowest BCUT2D eigenvalue weighted by molar-refractivity contribution is 1.30. The zero-order valence-corrected chi connectivity index (χ0v) is 10.6. The van der Waals surface area contributed by atoms with Gasteiger partial charge < -0.3 is 5.32 Å². The molecule has 1 aromatic carbocycles. The van der Waals surface area contributed by atoms with E-state index >= 15 is 0 Å². The Kier molecular flexibility index (Phi) is 4.00. The maximum atomic E-state index is 3.76. The summed E-state index contributed by atoms with van der Waals surface area (Å²) >= 11 is 6.83. The molecule has 0 heterocycles. The minimum Gasteiger partial charge on any atom is -0.380 e. The van der Waals surface area contributed by atoms with Crippen molar-refractivity contribution in [1.82, 2.24) is 0 Å². The highest BCUT2D eigenvalue weighted by Crippen LogP contribution is 2.25. The van der Waals surface area contributed by atoms with Crippen molar-refractivity contribution in [3.8, 4) is 0 Å². The van der Waals surface area contributed by atoms with E-state index in [-0.39, 0.29) is 0 Å². The molecule has 0 aliphatic carbocycles. The molecule has 13 heavy (non-hydrogen) atoms. The van der Waals surface area contributed by atoms with Crippen molar-refractivity contribution < 1.29 is 0 Å². The Hall–Kier alpha value is -0.280. The summed E-state index contributed by atoms with van der Waals surface area (Å²) in [7, 11) is 0. The molecule has 1 nitrogen and oxygen atoms in total. The molecule has 0 radical (unpaired) electrons. The summed E-state index contributed by atoms with van der Waals surface area (Å²) < 4.78 is 2.06. The highest BCUT2D eigenvalue weighted by atomic mass is 79.9. The number of halogens is 2. The van der Waals surface area contributed by atoms with Crippen molar-refractivity contribution in [1.29, 1.82) is 0 Å². The van der Waals surface area contributed by atoms with Gasteiger partial charge in [-0.15, -0.1) is 0 Å². The summed E-state index contributed by atoms with van der Waals surface area (Å²) in [5, 5.41) is 3.26. The van der Waals surface area contributed by atoms with E-state index < -0.39 is 0 Å². The van der Waals surface area contributed by atoms with Crippen LogP contribution in [-0.2, 0) is 0 Å². The Morgan fingerprint density at radius 1 is 1.54 bits per heavy atom. The second-order valence-corrected chi connectivity index (χ2v) is 4.72. The van der Waals surface area contributed by atoms with Crippen LogP contribution in [0.5, 0.6) is 0 Å². The molecule has 0 atom stereocenters. The van der Waals surface area contributed by atoms with Crippen molar-refractivity contribution in [2.75, 3.05) is 11.9 Å². The van der Waals surface area contributed by atoms with E-state index in [4.69, 9.17) is 0 Å².